The third-order valence-corrected chi connectivity index (χ3v) is 4.91. The van der Waals surface area contributed by atoms with Gasteiger partial charge in [0.1, 0.15) is 11.9 Å². The maximum Gasteiger partial charge on any atom is 0.141 e. The Morgan fingerprint density at radius 1 is 1.33 bits per heavy atom. The molecule has 0 bridgehead atoms. The smallest absolute Gasteiger partial charge is 0.141 e. The standard InChI is InChI=1S/C18H28N4O2/c1-4-15-14(17(5-2)24-21-15)12-19-11-13-7-6-10-23-18(13)16-8-9-20-22(16)3/h8-9,13,18-19H,4-7,10-12H2,1-3H3/t13-,18+/m0/s1. The van der Waals surface area contributed by atoms with Crippen molar-refractivity contribution in [1.82, 2.24) is 20.3 Å². The second-order valence-electron chi connectivity index (χ2n) is 6.44. The Labute approximate surface area is 143 Å². The summed E-state index contributed by atoms with van der Waals surface area (Å²) in [5, 5.41) is 12.1. The van der Waals surface area contributed by atoms with E-state index in [1.54, 1.807) is 0 Å². The molecule has 0 aliphatic carbocycles. The molecule has 1 N–H and O–H groups in total. The first-order valence-corrected chi connectivity index (χ1v) is 9.01. The average Bonchev–Trinajstić information content (AvgIpc) is 3.21. The van der Waals surface area contributed by atoms with Crippen molar-refractivity contribution >= 4 is 0 Å². The van der Waals surface area contributed by atoms with E-state index < -0.39 is 0 Å². The minimum atomic E-state index is 0.123. The summed E-state index contributed by atoms with van der Waals surface area (Å²) in [6, 6.07) is 2.06. The van der Waals surface area contributed by atoms with Gasteiger partial charge in [-0.3, -0.25) is 4.68 Å². The van der Waals surface area contributed by atoms with Gasteiger partial charge in [0.2, 0.25) is 0 Å². The van der Waals surface area contributed by atoms with E-state index in [0.717, 1.165) is 56.1 Å². The van der Waals surface area contributed by atoms with Crippen LogP contribution in [-0.4, -0.2) is 28.1 Å². The highest BCUT2D eigenvalue weighted by atomic mass is 16.5. The van der Waals surface area contributed by atoms with Crippen LogP contribution in [0.1, 0.15) is 55.5 Å². The first-order valence-electron chi connectivity index (χ1n) is 9.01. The van der Waals surface area contributed by atoms with E-state index in [2.05, 4.69) is 35.5 Å². The predicted molar refractivity (Wildman–Crippen MR) is 91.6 cm³/mol. The van der Waals surface area contributed by atoms with Crippen LogP contribution in [0.3, 0.4) is 0 Å². The summed E-state index contributed by atoms with van der Waals surface area (Å²) in [6.07, 6.45) is 6.05. The number of nitrogens with zero attached hydrogens (tertiary/aromatic N) is 3. The molecule has 0 spiro atoms. The molecule has 0 radical (unpaired) electrons. The van der Waals surface area contributed by atoms with Crippen LogP contribution in [0.25, 0.3) is 0 Å². The van der Waals surface area contributed by atoms with Gasteiger partial charge in [0.15, 0.2) is 0 Å². The summed E-state index contributed by atoms with van der Waals surface area (Å²) >= 11 is 0. The van der Waals surface area contributed by atoms with Crippen LogP contribution >= 0.6 is 0 Å². The van der Waals surface area contributed by atoms with Gasteiger partial charge in [0.05, 0.1) is 11.4 Å². The maximum absolute atomic E-state index is 6.06. The number of hydrogen-bond donors (Lipinski definition) is 1. The lowest BCUT2D eigenvalue weighted by Crippen LogP contribution is -2.33. The fourth-order valence-corrected chi connectivity index (χ4v) is 3.56. The van der Waals surface area contributed by atoms with Crippen molar-refractivity contribution in [2.24, 2.45) is 13.0 Å². The van der Waals surface area contributed by atoms with Crippen LogP contribution in [0.15, 0.2) is 16.8 Å². The molecule has 0 amide bonds. The Bertz CT molecular complexity index is 628. The lowest BCUT2D eigenvalue weighted by Gasteiger charge is -2.32. The van der Waals surface area contributed by atoms with Crippen LogP contribution in [0.4, 0.5) is 0 Å². The van der Waals surface area contributed by atoms with E-state index in [4.69, 9.17) is 9.26 Å². The summed E-state index contributed by atoms with van der Waals surface area (Å²) < 4.78 is 13.4. The fourth-order valence-electron chi connectivity index (χ4n) is 3.56. The Kier molecular flexibility index (Phi) is 5.68. The van der Waals surface area contributed by atoms with Crippen LogP contribution in [0.5, 0.6) is 0 Å². The van der Waals surface area contributed by atoms with Gasteiger partial charge < -0.3 is 14.6 Å². The number of aryl methyl sites for hydroxylation is 3. The van der Waals surface area contributed by atoms with Crippen LogP contribution < -0.4 is 5.32 Å². The van der Waals surface area contributed by atoms with Gasteiger partial charge in [-0.2, -0.15) is 5.10 Å². The number of rotatable bonds is 7. The molecule has 2 aromatic rings. The normalized spacial score (nSPS) is 21.3. The van der Waals surface area contributed by atoms with Crippen molar-refractivity contribution in [2.75, 3.05) is 13.2 Å². The van der Waals surface area contributed by atoms with Crippen molar-refractivity contribution in [3.8, 4) is 0 Å². The Balaban J connectivity index is 1.63. The zero-order chi connectivity index (χ0) is 16.9. The Morgan fingerprint density at radius 2 is 2.21 bits per heavy atom. The van der Waals surface area contributed by atoms with Gasteiger partial charge in [-0.15, -0.1) is 0 Å². The number of nitrogens with one attached hydrogen (secondary N) is 1. The van der Waals surface area contributed by atoms with Gasteiger partial charge >= 0.3 is 0 Å². The molecule has 0 saturated carbocycles. The first-order chi connectivity index (χ1) is 11.7. The van der Waals surface area contributed by atoms with E-state index in [0.29, 0.717) is 5.92 Å². The van der Waals surface area contributed by atoms with Crippen LogP contribution in [0.2, 0.25) is 0 Å². The quantitative estimate of drug-likeness (QED) is 0.844. The third-order valence-electron chi connectivity index (χ3n) is 4.91. The van der Waals surface area contributed by atoms with E-state index in [1.165, 1.54) is 12.0 Å². The molecule has 6 heteroatoms. The van der Waals surface area contributed by atoms with Crippen molar-refractivity contribution in [2.45, 2.75) is 52.2 Å². The number of ether oxygens (including phenoxy) is 1. The summed E-state index contributed by atoms with van der Waals surface area (Å²) in [5.74, 6) is 1.46. The van der Waals surface area contributed by atoms with E-state index >= 15 is 0 Å². The van der Waals surface area contributed by atoms with Gasteiger partial charge in [-0.1, -0.05) is 19.0 Å². The molecule has 132 valence electrons. The molecule has 1 aliphatic heterocycles. The molecule has 6 nitrogen and oxygen atoms in total. The Hall–Kier alpha value is -1.66. The molecule has 3 heterocycles. The van der Waals surface area contributed by atoms with Gasteiger partial charge in [-0.25, -0.2) is 0 Å². The first kappa shape index (κ1) is 17.2. The average molecular weight is 332 g/mol. The molecule has 3 rings (SSSR count). The van der Waals surface area contributed by atoms with E-state index in [9.17, 15) is 0 Å². The molecule has 0 unspecified atom stereocenters. The lowest BCUT2D eigenvalue weighted by molar-refractivity contribution is -0.0323. The SMILES string of the molecule is CCc1noc(CC)c1CNC[C@@H]1CCCO[C@H]1c1ccnn1C. The molecule has 1 saturated heterocycles. The molecule has 0 aromatic carbocycles. The zero-order valence-electron chi connectivity index (χ0n) is 14.9. The fraction of sp³-hybridized carbons (Fsp3) is 0.667. The largest absolute Gasteiger partial charge is 0.372 e. The van der Waals surface area contributed by atoms with Gasteiger partial charge in [-0.05, 0) is 25.3 Å². The van der Waals surface area contributed by atoms with Gasteiger partial charge in [0, 0.05) is 50.8 Å². The highest BCUT2D eigenvalue weighted by Gasteiger charge is 2.29. The summed E-state index contributed by atoms with van der Waals surface area (Å²) in [4.78, 5) is 0. The second kappa shape index (κ2) is 7.94. The lowest BCUT2D eigenvalue weighted by atomic mass is 9.92. The highest BCUT2D eigenvalue weighted by Crippen LogP contribution is 2.32. The Morgan fingerprint density at radius 3 is 2.92 bits per heavy atom. The molecule has 1 fully saturated rings. The molecule has 1 aliphatic rings. The molecular weight excluding hydrogens is 304 g/mol. The highest BCUT2D eigenvalue weighted by molar-refractivity contribution is 5.23. The van der Waals surface area contributed by atoms with Crippen molar-refractivity contribution in [1.29, 1.82) is 0 Å². The monoisotopic (exact) mass is 332 g/mol. The number of aromatic nitrogens is 3. The van der Waals surface area contributed by atoms with Crippen molar-refractivity contribution in [3.63, 3.8) is 0 Å². The van der Waals surface area contributed by atoms with Crippen LogP contribution in [0, 0.1) is 5.92 Å². The third kappa shape index (κ3) is 3.54. The summed E-state index contributed by atoms with van der Waals surface area (Å²) in [6.45, 7) is 6.79. The molecular formula is C18H28N4O2. The minimum Gasteiger partial charge on any atom is -0.372 e. The van der Waals surface area contributed by atoms with Crippen molar-refractivity contribution in [3.05, 3.63) is 35.0 Å². The summed E-state index contributed by atoms with van der Waals surface area (Å²) in [5.41, 5.74) is 3.46. The molecule has 2 atom stereocenters. The summed E-state index contributed by atoms with van der Waals surface area (Å²) in [7, 11) is 1.98. The minimum absolute atomic E-state index is 0.123. The van der Waals surface area contributed by atoms with Gasteiger partial charge in [0.25, 0.3) is 0 Å². The zero-order valence-corrected chi connectivity index (χ0v) is 14.9. The van der Waals surface area contributed by atoms with E-state index in [1.807, 2.05) is 17.9 Å². The molecule has 2 aromatic heterocycles. The maximum atomic E-state index is 6.06. The predicted octanol–water partition coefficient (Wildman–Crippen LogP) is 2.79. The molecule has 24 heavy (non-hydrogen) atoms. The van der Waals surface area contributed by atoms with E-state index in [-0.39, 0.29) is 6.10 Å². The topological polar surface area (TPSA) is 65.1 Å². The second-order valence-corrected chi connectivity index (χ2v) is 6.44. The van der Waals surface area contributed by atoms with Crippen LogP contribution in [-0.2, 0) is 31.2 Å². The van der Waals surface area contributed by atoms with Crippen molar-refractivity contribution < 1.29 is 9.26 Å². The number of hydrogen-bond acceptors (Lipinski definition) is 5.